The van der Waals surface area contributed by atoms with Crippen molar-refractivity contribution in [2.75, 3.05) is 0 Å². The number of para-hydroxylation sites is 2. The predicted molar refractivity (Wildman–Crippen MR) is 78.2 cm³/mol. The lowest BCUT2D eigenvalue weighted by atomic mass is 9.93. The molecule has 1 atom stereocenters. The molecule has 2 heterocycles. The molecule has 0 spiro atoms. The highest BCUT2D eigenvalue weighted by Crippen LogP contribution is 2.26. The Morgan fingerprint density at radius 3 is 2.76 bits per heavy atom. The van der Waals surface area contributed by atoms with E-state index < -0.39 is 11.4 Å². The number of rotatable bonds is 3. The van der Waals surface area contributed by atoms with Crippen LogP contribution in [0.1, 0.15) is 18.3 Å². The molecular weight excluding hydrogens is 269 g/mol. The van der Waals surface area contributed by atoms with Gasteiger partial charge in [0.25, 0.3) is 0 Å². The Morgan fingerprint density at radius 1 is 1.29 bits per heavy atom. The number of fused-ring (bicyclic) bond motifs is 1. The third kappa shape index (κ3) is 2.52. The van der Waals surface area contributed by atoms with E-state index in [1.54, 1.807) is 6.92 Å². The van der Waals surface area contributed by atoms with Crippen LogP contribution in [0.5, 0.6) is 0 Å². The van der Waals surface area contributed by atoms with Gasteiger partial charge >= 0.3 is 0 Å². The number of nitrogens with zero attached hydrogens (tertiary/aromatic N) is 3. The first kappa shape index (κ1) is 13.7. The van der Waals surface area contributed by atoms with E-state index in [-0.39, 0.29) is 6.42 Å². The van der Waals surface area contributed by atoms with Crippen LogP contribution in [0.4, 0.5) is 4.39 Å². The van der Waals surface area contributed by atoms with E-state index in [9.17, 15) is 9.50 Å². The third-order valence-electron chi connectivity index (χ3n) is 3.71. The molecule has 1 unspecified atom stereocenters. The second-order valence-corrected chi connectivity index (χ2v) is 5.42. The lowest BCUT2D eigenvalue weighted by molar-refractivity contribution is 0.0542. The van der Waals surface area contributed by atoms with Crippen molar-refractivity contribution >= 4 is 11.0 Å². The summed E-state index contributed by atoms with van der Waals surface area (Å²) in [4.78, 5) is 8.33. The van der Waals surface area contributed by atoms with Crippen molar-refractivity contribution in [2.24, 2.45) is 7.05 Å². The highest BCUT2D eigenvalue weighted by atomic mass is 19.1. The molecule has 0 bridgehead atoms. The van der Waals surface area contributed by atoms with Gasteiger partial charge in [0.15, 0.2) is 0 Å². The van der Waals surface area contributed by atoms with E-state index in [0.717, 1.165) is 23.1 Å². The first-order valence-corrected chi connectivity index (χ1v) is 6.71. The number of hydrogen-bond donors (Lipinski definition) is 1. The zero-order chi connectivity index (χ0) is 15.0. The molecule has 3 aromatic rings. The fourth-order valence-electron chi connectivity index (χ4n) is 2.47. The molecule has 1 N–H and O–H groups in total. The van der Waals surface area contributed by atoms with Gasteiger partial charge in [-0.25, -0.2) is 9.37 Å². The van der Waals surface area contributed by atoms with Gasteiger partial charge in [-0.2, -0.15) is 0 Å². The number of imidazole rings is 1. The smallest absolute Gasteiger partial charge is 0.141 e. The van der Waals surface area contributed by atoms with Gasteiger partial charge in [-0.05, 0) is 25.1 Å². The van der Waals surface area contributed by atoms with Crippen molar-refractivity contribution in [1.82, 2.24) is 14.5 Å². The summed E-state index contributed by atoms with van der Waals surface area (Å²) in [6.45, 7) is 1.64. The Bertz CT molecular complexity index is 795. The van der Waals surface area contributed by atoms with Gasteiger partial charge in [0, 0.05) is 25.2 Å². The van der Waals surface area contributed by atoms with Crippen molar-refractivity contribution in [1.29, 1.82) is 0 Å². The van der Waals surface area contributed by atoms with E-state index in [1.165, 1.54) is 12.3 Å². The summed E-state index contributed by atoms with van der Waals surface area (Å²) in [5.41, 5.74) is 1.09. The van der Waals surface area contributed by atoms with Crippen molar-refractivity contribution in [3.8, 4) is 0 Å². The molecule has 0 aliphatic heterocycles. The van der Waals surface area contributed by atoms with Crippen molar-refractivity contribution in [3.63, 3.8) is 0 Å². The Balaban J connectivity index is 1.99. The summed E-state index contributed by atoms with van der Waals surface area (Å²) >= 11 is 0. The summed E-state index contributed by atoms with van der Waals surface area (Å²) in [6.07, 6.45) is 2.88. The van der Waals surface area contributed by atoms with Crippen LogP contribution in [0, 0.1) is 5.82 Å². The summed E-state index contributed by atoms with van der Waals surface area (Å²) in [5.74, 6) is 0.281. The van der Waals surface area contributed by atoms with Gasteiger partial charge in [0.2, 0.25) is 0 Å². The summed E-state index contributed by atoms with van der Waals surface area (Å²) in [6, 6.07) is 9.08. The average molecular weight is 285 g/mol. The van der Waals surface area contributed by atoms with Crippen LogP contribution < -0.4 is 0 Å². The fourth-order valence-corrected chi connectivity index (χ4v) is 2.47. The average Bonchev–Trinajstić information content (AvgIpc) is 2.75. The minimum Gasteiger partial charge on any atom is -0.385 e. The van der Waals surface area contributed by atoms with Crippen molar-refractivity contribution in [3.05, 3.63) is 59.9 Å². The zero-order valence-electron chi connectivity index (χ0n) is 11.9. The van der Waals surface area contributed by atoms with Gasteiger partial charge in [-0.15, -0.1) is 0 Å². The lowest BCUT2D eigenvalue weighted by Gasteiger charge is -2.23. The molecule has 108 valence electrons. The van der Waals surface area contributed by atoms with Crippen LogP contribution in [-0.2, 0) is 19.1 Å². The summed E-state index contributed by atoms with van der Waals surface area (Å²) < 4.78 is 15.2. The van der Waals surface area contributed by atoms with E-state index in [4.69, 9.17) is 0 Å². The highest BCUT2D eigenvalue weighted by molar-refractivity contribution is 5.75. The van der Waals surface area contributed by atoms with Crippen LogP contribution in [0.2, 0.25) is 0 Å². The fraction of sp³-hybridized carbons (Fsp3) is 0.250. The molecule has 0 fully saturated rings. The number of aryl methyl sites for hydroxylation is 1. The molecule has 0 saturated carbocycles. The topological polar surface area (TPSA) is 50.9 Å². The quantitative estimate of drug-likeness (QED) is 0.804. The molecule has 0 aliphatic rings. The molecule has 0 saturated heterocycles. The van der Waals surface area contributed by atoms with Crippen LogP contribution in [0.15, 0.2) is 42.7 Å². The predicted octanol–water partition coefficient (Wildman–Crippen LogP) is 2.56. The standard InChI is InChI=1S/C16H16FN3O/c1-16(21,11-7-12(17)10-18-9-11)8-15-19-13-5-3-4-6-14(13)20(15)2/h3-7,9-10,21H,8H2,1-2H3. The normalized spacial score (nSPS) is 14.3. The lowest BCUT2D eigenvalue weighted by Crippen LogP contribution is -2.26. The molecule has 5 heteroatoms. The van der Waals surface area contributed by atoms with E-state index in [0.29, 0.717) is 5.56 Å². The second kappa shape index (κ2) is 4.93. The molecule has 3 rings (SSSR count). The second-order valence-electron chi connectivity index (χ2n) is 5.42. The molecule has 21 heavy (non-hydrogen) atoms. The molecular formula is C16H16FN3O. The maximum Gasteiger partial charge on any atom is 0.141 e. The van der Waals surface area contributed by atoms with Gasteiger partial charge in [0.1, 0.15) is 11.6 Å². The van der Waals surface area contributed by atoms with Crippen LogP contribution >= 0.6 is 0 Å². The summed E-state index contributed by atoms with van der Waals surface area (Å²) in [7, 11) is 1.91. The maximum absolute atomic E-state index is 13.3. The van der Waals surface area contributed by atoms with Crippen molar-refractivity contribution in [2.45, 2.75) is 18.9 Å². The van der Waals surface area contributed by atoms with E-state index in [2.05, 4.69) is 9.97 Å². The number of aromatic nitrogens is 3. The first-order valence-electron chi connectivity index (χ1n) is 6.71. The third-order valence-corrected chi connectivity index (χ3v) is 3.71. The molecule has 1 aromatic carbocycles. The maximum atomic E-state index is 13.3. The van der Waals surface area contributed by atoms with Crippen LogP contribution in [-0.4, -0.2) is 19.6 Å². The molecule has 0 radical (unpaired) electrons. The Kier molecular flexibility index (Phi) is 3.22. The van der Waals surface area contributed by atoms with Gasteiger partial charge in [0.05, 0.1) is 22.8 Å². The van der Waals surface area contributed by atoms with Crippen molar-refractivity contribution < 1.29 is 9.50 Å². The Labute approximate surface area is 121 Å². The number of pyridine rings is 1. The van der Waals surface area contributed by atoms with Crippen LogP contribution in [0.3, 0.4) is 0 Å². The minimum atomic E-state index is -1.23. The number of aliphatic hydroxyl groups is 1. The SMILES string of the molecule is Cn1c(CC(C)(O)c2cncc(F)c2)nc2ccccc21. The monoisotopic (exact) mass is 285 g/mol. The largest absolute Gasteiger partial charge is 0.385 e. The first-order chi connectivity index (χ1) is 9.97. The molecule has 2 aromatic heterocycles. The molecule has 0 aliphatic carbocycles. The number of hydrogen-bond acceptors (Lipinski definition) is 3. The zero-order valence-corrected chi connectivity index (χ0v) is 11.9. The van der Waals surface area contributed by atoms with Crippen LogP contribution in [0.25, 0.3) is 11.0 Å². The number of halogens is 1. The van der Waals surface area contributed by atoms with E-state index >= 15 is 0 Å². The van der Waals surface area contributed by atoms with Gasteiger partial charge in [-0.3, -0.25) is 4.98 Å². The molecule has 4 nitrogen and oxygen atoms in total. The van der Waals surface area contributed by atoms with Gasteiger partial charge in [-0.1, -0.05) is 12.1 Å². The molecule has 0 amide bonds. The highest BCUT2D eigenvalue weighted by Gasteiger charge is 2.27. The minimum absolute atomic E-state index is 0.281. The Hall–Kier alpha value is -2.27. The summed E-state index contributed by atoms with van der Waals surface area (Å²) in [5, 5.41) is 10.7. The Morgan fingerprint density at radius 2 is 2.05 bits per heavy atom. The van der Waals surface area contributed by atoms with Gasteiger partial charge < -0.3 is 9.67 Å². The number of benzene rings is 1. The van der Waals surface area contributed by atoms with E-state index in [1.807, 2.05) is 35.9 Å².